The van der Waals surface area contributed by atoms with E-state index in [1.807, 2.05) is 0 Å². The molecule has 0 saturated carbocycles. The van der Waals surface area contributed by atoms with Crippen LogP contribution in [0, 0.1) is 0 Å². The van der Waals surface area contributed by atoms with E-state index in [1.165, 1.54) is 6.92 Å². The molecule has 0 unspecified atom stereocenters. The molecule has 22 heavy (non-hydrogen) atoms. The second-order valence-corrected chi connectivity index (χ2v) is 4.78. The molecule has 0 spiro atoms. The Kier molecular flexibility index (Phi) is 3.65. The fourth-order valence-corrected chi connectivity index (χ4v) is 2.12. The van der Waals surface area contributed by atoms with Crippen molar-refractivity contribution in [3.05, 3.63) is 48.0 Å². The van der Waals surface area contributed by atoms with Gasteiger partial charge in [0, 0.05) is 23.9 Å². The molecule has 0 radical (unpaired) electrons. The van der Waals surface area contributed by atoms with Gasteiger partial charge in [-0.15, -0.1) is 0 Å². The number of carbonyl (C=O) groups excluding carboxylic acids is 2. The highest BCUT2D eigenvalue weighted by Gasteiger charge is 2.16. The molecule has 6 nitrogen and oxygen atoms in total. The van der Waals surface area contributed by atoms with Crippen molar-refractivity contribution in [2.75, 3.05) is 17.4 Å². The van der Waals surface area contributed by atoms with Gasteiger partial charge in [-0.1, -0.05) is 6.07 Å². The number of hydrogen-bond acceptors (Lipinski definition) is 4. The van der Waals surface area contributed by atoms with E-state index in [9.17, 15) is 9.59 Å². The van der Waals surface area contributed by atoms with Crippen LogP contribution in [-0.2, 0) is 4.79 Å². The highest BCUT2D eigenvalue weighted by atomic mass is 16.7. The van der Waals surface area contributed by atoms with Crippen LogP contribution in [0.1, 0.15) is 17.3 Å². The van der Waals surface area contributed by atoms with Crippen LogP contribution >= 0.6 is 0 Å². The molecule has 0 aliphatic carbocycles. The van der Waals surface area contributed by atoms with Crippen LogP contribution in [-0.4, -0.2) is 18.6 Å². The lowest BCUT2D eigenvalue weighted by molar-refractivity contribution is -0.114. The van der Waals surface area contributed by atoms with Gasteiger partial charge in [0.1, 0.15) is 0 Å². The van der Waals surface area contributed by atoms with Crippen LogP contribution in [0.4, 0.5) is 11.4 Å². The lowest BCUT2D eigenvalue weighted by atomic mass is 10.2. The summed E-state index contributed by atoms with van der Waals surface area (Å²) in [6, 6.07) is 11.9. The lowest BCUT2D eigenvalue weighted by Gasteiger charge is -2.08. The minimum absolute atomic E-state index is 0.166. The zero-order valence-electron chi connectivity index (χ0n) is 11.9. The van der Waals surface area contributed by atoms with Crippen molar-refractivity contribution in [1.82, 2.24) is 0 Å². The molecular formula is C16H14N2O4. The molecule has 1 aliphatic heterocycles. The summed E-state index contributed by atoms with van der Waals surface area (Å²) in [6.07, 6.45) is 0. The van der Waals surface area contributed by atoms with Crippen molar-refractivity contribution in [2.24, 2.45) is 0 Å². The molecule has 0 atom stereocenters. The summed E-state index contributed by atoms with van der Waals surface area (Å²) in [5.74, 6) is 0.751. The van der Waals surface area contributed by atoms with Gasteiger partial charge in [-0.2, -0.15) is 0 Å². The number of hydrogen-bond donors (Lipinski definition) is 2. The third-order valence-electron chi connectivity index (χ3n) is 3.08. The number of nitrogens with one attached hydrogen (secondary N) is 2. The van der Waals surface area contributed by atoms with E-state index >= 15 is 0 Å². The van der Waals surface area contributed by atoms with Crippen LogP contribution < -0.4 is 20.1 Å². The van der Waals surface area contributed by atoms with Crippen molar-refractivity contribution in [1.29, 1.82) is 0 Å². The molecule has 0 bridgehead atoms. The zero-order chi connectivity index (χ0) is 15.5. The van der Waals surface area contributed by atoms with Gasteiger partial charge in [0.2, 0.25) is 12.7 Å². The van der Waals surface area contributed by atoms with Gasteiger partial charge >= 0.3 is 0 Å². The predicted octanol–water partition coefficient (Wildman–Crippen LogP) is 2.63. The molecular weight excluding hydrogens is 284 g/mol. The Hall–Kier alpha value is -3.02. The second kappa shape index (κ2) is 5.77. The molecule has 0 saturated heterocycles. The highest BCUT2D eigenvalue weighted by molar-refractivity contribution is 6.05. The van der Waals surface area contributed by atoms with Crippen molar-refractivity contribution < 1.29 is 19.1 Å². The van der Waals surface area contributed by atoms with Gasteiger partial charge in [0.05, 0.1) is 0 Å². The van der Waals surface area contributed by atoms with Gasteiger partial charge in [-0.05, 0) is 36.4 Å². The molecule has 2 N–H and O–H groups in total. The van der Waals surface area contributed by atoms with Gasteiger partial charge < -0.3 is 20.1 Å². The zero-order valence-corrected chi connectivity index (χ0v) is 11.9. The van der Waals surface area contributed by atoms with E-state index in [1.54, 1.807) is 42.5 Å². The number of rotatable bonds is 3. The topological polar surface area (TPSA) is 76.7 Å². The maximum atomic E-state index is 12.3. The average Bonchev–Trinajstić information content (AvgIpc) is 2.94. The fraction of sp³-hybridized carbons (Fsp3) is 0.125. The summed E-state index contributed by atoms with van der Waals surface area (Å²) < 4.78 is 10.5. The van der Waals surface area contributed by atoms with Gasteiger partial charge in [-0.3, -0.25) is 9.59 Å². The Morgan fingerprint density at radius 2 is 1.68 bits per heavy atom. The van der Waals surface area contributed by atoms with Crippen molar-refractivity contribution in [3.8, 4) is 11.5 Å². The maximum absolute atomic E-state index is 12.3. The van der Waals surface area contributed by atoms with E-state index < -0.39 is 0 Å². The monoisotopic (exact) mass is 298 g/mol. The molecule has 0 fully saturated rings. The van der Waals surface area contributed by atoms with Crippen molar-refractivity contribution in [2.45, 2.75) is 6.92 Å². The lowest BCUT2D eigenvalue weighted by Crippen LogP contribution is -2.12. The SMILES string of the molecule is CC(=O)Nc1cccc(NC(=O)c2ccc3c(c2)OCO3)c1. The second-order valence-electron chi connectivity index (χ2n) is 4.78. The summed E-state index contributed by atoms with van der Waals surface area (Å²) in [7, 11) is 0. The molecule has 6 heteroatoms. The van der Waals surface area contributed by atoms with Crippen LogP contribution in [0.3, 0.4) is 0 Å². The number of carbonyl (C=O) groups is 2. The Morgan fingerprint density at radius 1 is 0.955 bits per heavy atom. The molecule has 2 aromatic rings. The minimum atomic E-state index is -0.265. The molecule has 1 heterocycles. The first kappa shape index (κ1) is 13.9. The first-order chi connectivity index (χ1) is 10.6. The van der Waals surface area contributed by atoms with Gasteiger partial charge in [-0.25, -0.2) is 0 Å². The van der Waals surface area contributed by atoms with Crippen LogP contribution in [0.2, 0.25) is 0 Å². The Labute approximate surface area is 127 Å². The fourth-order valence-electron chi connectivity index (χ4n) is 2.12. The van der Waals surface area contributed by atoms with Gasteiger partial charge in [0.15, 0.2) is 11.5 Å². The Bertz CT molecular complexity index is 743. The predicted molar refractivity (Wildman–Crippen MR) is 81.3 cm³/mol. The molecule has 112 valence electrons. The Balaban J connectivity index is 1.75. The van der Waals surface area contributed by atoms with E-state index in [0.717, 1.165) is 0 Å². The third-order valence-corrected chi connectivity index (χ3v) is 3.08. The number of anilines is 2. The largest absolute Gasteiger partial charge is 0.454 e. The number of fused-ring (bicyclic) bond motifs is 1. The van der Waals surface area contributed by atoms with Crippen LogP contribution in [0.15, 0.2) is 42.5 Å². The van der Waals surface area contributed by atoms with Crippen LogP contribution in [0.5, 0.6) is 11.5 Å². The van der Waals surface area contributed by atoms with Gasteiger partial charge in [0.25, 0.3) is 5.91 Å². The van der Waals surface area contributed by atoms with Crippen molar-refractivity contribution in [3.63, 3.8) is 0 Å². The number of benzene rings is 2. The third kappa shape index (κ3) is 3.01. The molecule has 2 amide bonds. The van der Waals surface area contributed by atoms with E-state index in [0.29, 0.717) is 28.4 Å². The van der Waals surface area contributed by atoms with E-state index in [4.69, 9.17) is 9.47 Å². The first-order valence-electron chi connectivity index (χ1n) is 6.70. The molecule has 0 aromatic heterocycles. The molecule has 2 aromatic carbocycles. The normalized spacial score (nSPS) is 11.9. The highest BCUT2D eigenvalue weighted by Crippen LogP contribution is 2.32. The van der Waals surface area contributed by atoms with E-state index in [-0.39, 0.29) is 18.6 Å². The first-order valence-corrected chi connectivity index (χ1v) is 6.70. The summed E-state index contributed by atoms with van der Waals surface area (Å²) in [4.78, 5) is 23.3. The quantitative estimate of drug-likeness (QED) is 0.913. The standard InChI is InChI=1S/C16H14N2O4/c1-10(19)17-12-3-2-4-13(8-12)18-16(20)11-5-6-14-15(7-11)22-9-21-14/h2-8H,9H2,1H3,(H,17,19)(H,18,20). The average molecular weight is 298 g/mol. The summed E-state index contributed by atoms with van der Waals surface area (Å²) in [5.41, 5.74) is 1.68. The summed E-state index contributed by atoms with van der Waals surface area (Å²) in [6.45, 7) is 1.59. The number of ether oxygens (including phenoxy) is 2. The molecule has 3 rings (SSSR count). The summed E-state index contributed by atoms with van der Waals surface area (Å²) in [5, 5.41) is 5.44. The smallest absolute Gasteiger partial charge is 0.255 e. The summed E-state index contributed by atoms with van der Waals surface area (Å²) >= 11 is 0. The van der Waals surface area contributed by atoms with E-state index in [2.05, 4.69) is 10.6 Å². The number of amides is 2. The maximum Gasteiger partial charge on any atom is 0.255 e. The minimum Gasteiger partial charge on any atom is -0.454 e. The molecule has 1 aliphatic rings. The van der Waals surface area contributed by atoms with Crippen molar-refractivity contribution >= 4 is 23.2 Å². The van der Waals surface area contributed by atoms with Crippen LogP contribution in [0.25, 0.3) is 0 Å². The Morgan fingerprint density at radius 3 is 2.45 bits per heavy atom.